The summed E-state index contributed by atoms with van der Waals surface area (Å²) in [5.74, 6) is 0.174. The summed E-state index contributed by atoms with van der Waals surface area (Å²) in [6.45, 7) is 0.541. The van der Waals surface area contributed by atoms with E-state index in [1.807, 2.05) is 0 Å². The number of carbonyl (C=O) groups is 1. The summed E-state index contributed by atoms with van der Waals surface area (Å²) in [6.07, 6.45) is 1.31. The van der Waals surface area contributed by atoms with Crippen molar-refractivity contribution in [2.24, 2.45) is 0 Å². The van der Waals surface area contributed by atoms with Crippen LogP contribution in [0.3, 0.4) is 0 Å². The van der Waals surface area contributed by atoms with Crippen LogP contribution in [0.2, 0.25) is 0 Å². The Kier molecular flexibility index (Phi) is 1.57. The van der Waals surface area contributed by atoms with Crippen molar-refractivity contribution in [1.29, 1.82) is 0 Å². The molecule has 2 rings (SSSR count). The van der Waals surface area contributed by atoms with E-state index in [-0.39, 0.29) is 5.82 Å². The third-order valence-electron chi connectivity index (χ3n) is 1.90. The quantitative estimate of drug-likeness (QED) is 0.592. The number of carbonyl (C=O) groups excluding carboxylic acids is 1. The van der Waals surface area contributed by atoms with Crippen LogP contribution < -0.4 is 4.74 Å². The molecule has 1 aliphatic heterocycles. The second kappa shape index (κ2) is 2.59. The maximum Gasteiger partial charge on any atom is 0.153 e. The van der Waals surface area contributed by atoms with E-state index in [4.69, 9.17) is 4.74 Å². The van der Waals surface area contributed by atoms with Crippen LogP contribution in [0.15, 0.2) is 12.1 Å². The van der Waals surface area contributed by atoms with Gasteiger partial charge in [0.05, 0.1) is 12.2 Å². The zero-order valence-electron chi connectivity index (χ0n) is 6.34. The molecule has 1 aromatic rings. The minimum Gasteiger partial charge on any atom is -0.492 e. The molecule has 0 radical (unpaired) electrons. The lowest BCUT2D eigenvalue weighted by Crippen LogP contribution is -1.90. The van der Waals surface area contributed by atoms with Crippen molar-refractivity contribution < 1.29 is 13.9 Å². The second-order valence-electron chi connectivity index (χ2n) is 2.70. The first kappa shape index (κ1) is 7.28. The minimum atomic E-state index is -0.374. The van der Waals surface area contributed by atoms with Gasteiger partial charge in [-0.3, -0.25) is 4.79 Å². The van der Waals surface area contributed by atoms with Crippen LogP contribution in [0, 0.1) is 5.82 Å². The smallest absolute Gasteiger partial charge is 0.153 e. The number of hydrogen-bond donors (Lipinski definition) is 0. The lowest BCUT2D eigenvalue weighted by atomic mass is 10.1. The highest BCUT2D eigenvalue weighted by Gasteiger charge is 2.17. The van der Waals surface area contributed by atoms with Gasteiger partial charge in [0.1, 0.15) is 11.6 Å². The molecule has 3 heteroatoms. The van der Waals surface area contributed by atoms with E-state index in [0.717, 1.165) is 5.56 Å². The zero-order valence-corrected chi connectivity index (χ0v) is 6.34. The third kappa shape index (κ3) is 0.978. The predicted octanol–water partition coefficient (Wildman–Crippen LogP) is 1.57. The molecule has 1 aromatic carbocycles. The van der Waals surface area contributed by atoms with E-state index in [9.17, 15) is 9.18 Å². The van der Waals surface area contributed by atoms with Gasteiger partial charge in [0.15, 0.2) is 6.29 Å². The largest absolute Gasteiger partial charge is 0.492 e. The van der Waals surface area contributed by atoms with Crippen molar-refractivity contribution in [3.05, 3.63) is 29.1 Å². The number of rotatable bonds is 1. The number of halogens is 1. The topological polar surface area (TPSA) is 26.3 Å². The van der Waals surface area contributed by atoms with Crippen molar-refractivity contribution in [2.75, 3.05) is 6.61 Å². The maximum absolute atomic E-state index is 12.8. The van der Waals surface area contributed by atoms with Crippen molar-refractivity contribution in [2.45, 2.75) is 6.42 Å². The van der Waals surface area contributed by atoms with E-state index in [0.29, 0.717) is 30.6 Å². The van der Waals surface area contributed by atoms with Crippen LogP contribution in [0.4, 0.5) is 4.39 Å². The SMILES string of the molecule is O=Cc1cc(F)cc2c1OCC2. The fourth-order valence-electron chi connectivity index (χ4n) is 1.39. The highest BCUT2D eigenvalue weighted by atomic mass is 19.1. The van der Waals surface area contributed by atoms with E-state index in [2.05, 4.69) is 0 Å². The highest BCUT2D eigenvalue weighted by molar-refractivity contribution is 5.80. The van der Waals surface area contributed by atoms with Gasteiger partial charge in [0, 0.05) is 12.0 Å². The Morgan fingerprint density at radius 2 is 2.33 bits per heavy atom. The molecule has 0 saturated heterocycles. The second-order valence-corrected chi connectivity index (χ2v) is 2.70. The Bertz CT molecular complexity index is 334. The van der Waals surface area contributed by atoms with Gasteiger partial charge in [-0.15, -0.1) is 0 Å². The van der Waals surface area contributed by atoms with Gasteiger partial charge < -0.3 is 4.74 Å². The highest BCUT2D eigenvalue weighted by Crippen LogP contribution is 2.29. The fourth-order valence-corrected chi connectivity index (χ4v) is 1.39. The summed E-state index contributed by atoms with van der Waals surface area (Å²) in [6, 6.07) is 2.60. The molecular formula is C9H7FO2. The standard InChI is InChI=1S/C9H7FO2/c10-8-3-6-1-2-12-9(6)7(4-8)5-11/h3-5H,1-2H2. The van der Waals surface area contributed by atoms with Crippen molar-refractivity contribution in [3.8, 4) is 5.75 Å². The molecule has 0 spiro atoms. The molecular weight excluding hydrogens is 159 g/mol. The summed E-state index contributed by atoms with van der Waals surface area (Å²) in [7, 11) is 0. The van der Waals surface area contributed by atoms with Crippen molar-refractivity contribution in [3.63, 3.8) is 0 Å². The van der Waals surface area contributed by atoms with Gasteiger partial charge in [-0.1, -0.05) is 0 Å². The van der Waals surface area contributed by atoms with E-state index >= 15 is 0 Å². The molecule has 0 aromatic heterocycles. The van der Waals surface area contributed by atoms with E-state index in [1.165, 1.54) is 12.1 Å². The van der Waals surface area contributed by atoms with Crippen LogP contribution in [-0.2, 0) is 6.42 Å². The summed E-state index contributed by atoms with van der Waals surface area (Å²) in [5.41, 5.74) is 1.10. The Balaban J connectivity index is 2.62. The van der Waals surface area contributed by atoms with Gasteiger partial charge >= 0.3 is 0 Å². The summed E-state index contributed by atoms with van der Waals surface area (Å²) >= 11 is 0. The van der Waals surface area contributed by atoms with Gasteiger partial charge in [-0.25, -0.2) is 4.39 Å². The number of aldehydes is 1. The van der Waals surface area contributed by atoms with Gasteiger partial charge in [0.2, 0.25) is 0 Å². The molecule has 0 N–H and O–H groups in total. The first-order valence-electron chi connectivity index (χ1n) is 3.71. The van der Waals surface area contributed by atoms with Crippen LogP contribution in [0.25, 0.3) is 0 Å². The average molecular weight is 166 g/mol. The van der Waals surface area contributed by atoms with Gasteiger partial charge in [0.25, 0.3) is 0 Å². The molecule has 1 heterocycles. The lowest BCUT2D eigenvalue weighted by Gasteiger charge is -2.01. The molecule has 0 saturated carbocycles. The number of fused-ring (bicyclic) bond motifs is 1. The van der Waals surface area contributed by atoms with E-state index in [1.54, 1.807) is 0 Å². The van der Waals surface area contributed by atoms with Gasteiger partial charge in [-0.2, -0.15) is 0 Å². The normalized spacial score (nSPS) is 13.8. The molecule has 1 aliphatic rings. The Hall–Kier alpha value is -1.38. The molecule has 12 heavy (non-hydrogen) atoms. The van der Waals surface area contributed by atoms with Crippen molar-refractivity contribution >= 4 is 6.29 Å². The number of benzene rings is 1. The molecule has 62 valence electrons. The molecule has 0 atom stereocenters. The monoisotopic (exact) mass is 166 g/mol. The van der Waals surface area contributed by atoms with Crippen molar-refractivity contribution in [1.82, 2.24) is 0 Å². The Morgan fingerprint density at radius 3 is 3.08 bits per heavy atom. The van der Waals surface area contributed by atoms with Crippen LogP contribution in [0.5, 0.6) is 5.75 Å². The predicted molar refractivity (Wildman–Crippen MR) is 41.0 cm³/mol. The minimum absolute atomic E-state index is 0.308. The van der Waals surface area contributed by atoms with Crippen LogP contribution in [0.1, 0.15) is 15.9 Å². The lowest BCUT2D eigenvalue weighted by molar-refractivity contribution is 0.112. The van der Waals surface area contributed by atoms with Crippen LogP contribution >= 0.6 is 0 Å². The first-order valence-corrected chi connectivity index (χ1v) is 3.71. The number of ether oxygens (including phenoxy) is 1. The Morgan fingerprint density at radius 1 is 1.50 bits per heavy atom. The molecule has 2 nitrogen and oxygen atoms in total. The molecule has 0 aliphatic carbocycles. The molecule has 0 amide bonds. The first-order chi connectivity index (χ1) is 5.81. The molecule has 0 fully saturated rings. The van der Waals surface area contributed by atoms with E-state index < -0.39 is 0 Å². The summed E-state index contributed by atoms with van der Waals surface area (Å²) < 4.78 is 18.0. The summed E-state index contributed by atoms with van der Waals surface area (Å²) in [4.78, 5) is 10.5. The third-order valence-corrected chi connectivity index (χ3v) is 1.90. The van der Waals surface area contributed by atoms with Gasteiger partial charge in [-0.05, 0) is 12.1 Å². The zero-order chi connectivity index (χ0) is 8.55. The molecule has 0 unspecified atom stereocenters. The molecule has 0 bridgehead atoms. The summed E-state index contributed by atoms with van der Waals surface area (Å²) in [5, 5.41) is 0. The Labute approximate surface area is 69.0 Å². The maximum atomic E-state index is 12.8. The van der Waals surface area contributed by atoms with Crippen LogP contribution in [-0.4, -0.2) is 12.9 Å². The number of hydrogen-bond acceptors (Lipinski definition) is 2. The fraction of sp³-hybridized carbons (Fsp3) is 0.222. The average Bonchev–Trinajstić information content (AvgIpc) is 2.50.